The summed E-state index contributed by atoms with van der Waals surface area (Å²) in [5.74, 6) is 0.590. The van der Waals surface area contributed by atoms with Crippen molar-refractivity contribution in [3.63, 3.8) is 0 Å². The third-order valence-corrected chi connectivity index (χ3v) is 5.38. The normalized spacial score (nSPS) is 15.9. The molecule has 150 valence electrons. The van der Waals surface area contributed by atoms with Crippen molar-refractivity contribution in [2.45, 2.75) is 32.3 Å². The van der Waals surface area contributed by atoms with Crippen LogP contribution in [0.2, 0.25) is 0 Å². The minimum absolute atomic E-state index is 0.255. The third-order valence-electron chi connectivity index (χ3n) is 5.38. The van der Waals surface area contributed by atoms with Crippen molar-refractivity contribution in [2.24, 2.45) is 0 Å². The average molecular weight is 391 g/mol. The Bertz CT molecular complexity index is 1000. The van der Waals surface area contributed by atoms with Crippen molar-refractivity contribution in [1.82, 2.24) is 4.98 Å². The zero-order valence-electron chi connectivity index (χ0n) is 16.7. The number of nitrogens with one attached hydrogen (secondary N) is 1. The van der Waals surface area contributed by atoms with Crippen LogP contribution in [0.3, 0.4) is 0 Å². The van der Waals surface area contributed by atoms with Crippen LogP contribution in [0.5, 0.6) is 0 Å². The van der Waals surface area contributed by atoms with E-state index in [1.54, 1.807) is 24.5 Å². The number of carbonyl (C=O) groups excluding carboxylic acids is 1. The molecule has 1 amide bonds. The van der Waals surface area contributed by atoms with Crippen molar-refractivity contribution in [3.8, 4) is 11.3 Å². The molecule has 0 aliphatic carbocycles. The van der Waals surface area contributed by atoms with E-state index in [0.717, 1.165) is 35.6 Å². The summed E-state index contributed by atoms with van der Waals surface area (Å²) in [4.78, 5) is 19.0. The highest BCUT2D eigenvalue weighted by Gasteiger charge is 2.28. The van der Waals surface area contributed by atoms with E-state index in [4.69, 9.17) is 4.42 Å². The van der Waals surface area contributed by atoms with Gasteiger partial charge in [0.2, 0.25) is 0 Å². The molecule has 3 aromatic rings. The predicted octanol–water partition coefficient (Wildman–Crippen LogP) is 4.25. The largest absolute Gasteiger partial charge is 0.451 e. The number of carbonyl (C=O) groups is 1. The Hall–Kier alpha value is -3.12. The molecule has 1 aromatic carbocycles. The second kappa shape index (κ2) is 7.72. The molecule has 1 aliphatic heterocycles. The molecule has 6 heteroatoms. The van der Waals surface area contributed by atoms with E-state index in [0.29, 0.717) is 18.6 Å². The number of furan rings is 1. The van der Waals surface area contributed by atoms with Gasteiger partial charge in [0.25, 0.3) is 5.91 Å². The molecule has 0 saturated carbocycles. The van der Waals surface area contributed by atoms with E-state index in [1.807, 2.05) is 44.2 Å². The number of pyridine rings is 1. The van der Waals surface area contributed by atoms with Gasteiger partial charge in [-0.25, -0.2) is 0 Å². The van der Waals surface area contributed by atoms with E-state index >= 15 is 0 Å². The lowest BCUT2D eigenvalue weighted by Gasteiger charge is -2.38. The lowest BCUT2D eigenvalue weighted by molar-refractivity contribution is 0.0351. The molecule has 1 saturated heterocycles. The minimum atomic E-state index is -0.623. The van der Waals surface area contributed by atoms with Gasteiger partial charge in [0.1, 0.15) is 5.76 Å². The number of hydrogen-bond acceptors (Lipinski definition) is 5. The monoisotopic (exact) mass is 391 g/mol. The molecule has 0 atom stereocenters. The summed E-state index contributed by atoms with van der Waals surface area (Å²) in [6.07, 6.45) is 4.77. The highest BCUT2D eigenvalue weighted by Crippen LogP contribution is 2.32. The van der Waals surface area contributed by atoms with Gasteiger partial charge in [0.05, 0.1) is 17.0 Å². The van der Waals surface area contributed by atoms with Crippen LogP contribution in [0.4, 0.5) is 11.4 Å². The van der Waals surface area contributed by atoms with Gasteiger partial charge < -0.3 is 19.7 Å². The average Bonchev–Trinajstić information content (AvgIpc) is 3.20. The summed E-state index contributed by atoms with van der Waals surface area (Å²) < 4.78 is 5.76. The van der Waals surface area contributed by atoms with Gasteiger partial charge in [-0.05, 0) is 68.7 Å². The maximum Gasteiger partial charge on any atom is 0.291 e. The number of aryl methyl sites for hydroxylation is 1. The van der Waals surface area contributed by atoms with E-state index in [-0.39, 0.29) is 11.7 Å². The fourth-order valence-corrected chi connectivity index (χ4v) is 3.57. The highest BCUT2D eigenvalue weighted by molar-refractivity contribution is 6.04. The summed E-state index contributed by atoms with van der Waals surface area (Å²) in [6, 6.07) is 13.2. The molecule has 4 rings (SSSR count). The number of amides is 1. The van der Waals surface area contributed by atoms with Crippen LogP contribution in [0.25, 0.3) is 11.3 Å². The smallest absolute Gasteiger partial charge is 0.291 e. The van der Waals surface area contributed by atoms with Gasteiger partial charge in [0.15, 0.2) is 5.76 Å². The lowest BCUT2D eigenvalue weighted by Crippen LogP contribution is -2.42. The molecule has 0 unspecified atom stereocenters. The molecular formula is C23H25N3O3. The zero-order valence-corrected chi connectivity index (χ0v) is 16.7. The van der Waals surface area contributed by atoms with Gasteiger partial charge >= 0.3 is 0 Å². The SMILES string of the molecule is Cc1ccc(N2CCC(C)(O)CC2)c(NC(=O)c2ccc(-c3ccncc3)o2)c1. The van der Waals surface area contributed by atoms with Crippen LogP contribution in [0.1, 0.15) is 35.9 Å². The van der Waals surface area contributed by atoms with E-state index in [9.17, 15) is 9.90 Å². The predicted molar refractivity (Wildman–Crippen MR) is 113 cm³/mol. The molecule has 2 aromatic heterocycles. The van der Waals surface area contributed by atoms with E-state index in [1.165, 1.54) is 0 Å². The Kier molecular flexibility index (Phi) is 5.11. The van der Waals surface area contributed by atoms with Crippen LogP contribution in [0, 0.1) is 6.92 Å². The minimum Gasteiger partial charge on any atom is -0.451 e. The number of aliphatic hydroxyl groups is 1. The number of benzene rings is 1. The van der Waals surface area contributed by atoms with Gasteiger partial charge in [-0.1, -0.05) is 6.07 Å². The third kappa shape index (κ3) is 4.32. The second-order valence-electron chi connectivity index (χ2n) is 7.86. The number of aromatic nitrogens is 1. The molecule has 0 bridgehead atoms. The molecule has 0 spiro atoms. The fourth-order valence-electron chi connectivity index (χ4n) is 3.57. The molecule has 6 nitrogen and oxygen atoms in total. The van der Waals surface area contributed by atoms with Crippen LogP contribution < -0.4 is 10.2 Å². The van der Waals surface area contributed by atoms with Crippen molar-refractivity contribution in [1.29, 1.82) is 0 Å². The quantitative estimate of drug-likeness (QED) is 0.695. The molecule has 2 N–H and O–H groups in total. The van der Waals surface area contributed by atoms with Gasteiger partial charge in [-0.2, -0.15) is 0 Å². The van der Waals surface area contributed by atoms with Gasteiger partial charge in [-0.3, -0.25) is 9.78 Å². The zero-order chi connectivity index (χ0) is 20.4. The van der Waals surface area contributed by atoms with E-state index in [2.05, 4.69) is 15.2 Å². The Morgan fingerprint density at radius 2 is 1.86 bits per heavy atom. The number of hydrogen-bond donors (Lipinski definition) is 2. The van der Waals surface area contributed by atoms with Crippen LogP contribution in [-0.2, 0) is 0 Å². The van der Waals surface area contributed by atoms with E-state index < -0.39 is 5.60 Å². The van der Waals surface area contributed by atoms with Gasteiger partial charge in [0, 0.05) is 31.0 Å². The summed E-state index contributed by atoms with van der Waals surface area (Å²) >= 11 is 0. The maximum absolute atomic E-state index is 12.8. The molecule has 3 heterocycles. The standard InChI is InChI=1S/C23H25N3O3/c1-16-3-4-19(26-13-9-23(2,28)10-14-26)18(15-16)25-22(27)21-6-5-20(29-21)17-7-11-24-12-8-17/h3-8,11-12,15,28H,9-10,13-14H2,1-2H3,(H,25,27). The van der Waals surface area contributed by atoms with Crippen LogP contribution in [-0.4, -0.2) is 34.7 Å². The molecule has 1 fully saturated rings. The summed E-state index contributed by atoms with van der Waals surface area (Å²) in [7, 11) is 0. The first-order valence-electron chi connectivity index (χ1n) is 9.81. The molecule has 29 heavy (non-hydrogen) atoms. The van der Waals surface area contributed by atoms with Gasteiger partial charge in [-0.15, -0.1) is 0 Å². The Labute approximate surface area is 170 Å². The molecule has 1 aliphatic rings. The summed E-state index contributed by atoms with van der Waals surface area (Å²) in [6.45, 7) is 5.35. The highest BCUT2D eigenvalue weighted by atomic mass is 16.3. The Morgan fingerprint density at radius 1 is 1.14 bits per heavy atom. The van der Waals surface area contributed by atoms with Crippen molar-refractivity contribution >= 4 is 17.3 Å². The first-order valence-corrected chi connectivity index (χ1v) is 9.81. The number of anilines is 2. The number of nitrogens with zero attached hydrogens (tertiary/aromatic N) is 2. The molecule has 0 radical (unpaired) electrons. The van der Waals surface area contributed by atoms with Crippen LogP contribution in [0.15, 0.2) is 59.3 Å². The maximum atomic E-state index is 12.8. The number of rotatable bonds is 4. The first-order chi connectivity index (χ1) is 13.9. The van der Waals surface area contributed by atoms with Crippen molar-refractivity contribution in [2.75, 3.05) is 23.3 Å². The summed E-state index contributed by atoms with van der Waals surface area (Å²) in [5.41, 5.74) is 3.02. The van der Waals surface area contributed by atoms with Crippen LogP contribution >= 0.6 is 0 Å². The van der Waals surface area contributed by atoms with Crippen molar-refractivity contribution in [3.05, 3.63) is 66.2 Å². The lowest BCUT2D eigenvalue weighted by atomic mass is 9.93. The fraction of sp³-hybridized carbons (Fsp3) is 0.304. The first kappa shape index (κ1) is 19.2. The Balaban J connectivity index is 1.54. The van der Waals surface area contributed by atoms with Crippen molar-refractivity contribution < 1.29 is 14.3 Å². The Morgan fingerprint density at radius 3 is 2.59 bits per heavy atom. The summed E-state index contributed by atoms with van der Waals surface area (Å²) in [5, 5.41) is 13.2. The second-order valence-corrected chi connectivity index (χ2v) is 7.86. The topological polar surface area (TPSA) is 78.6 Å². The molecular weight excluding hydrogens is 366 g/mol. The number of piperidine rings is 1.